The third-order valence-corrected chi connectivity index (χ3v) is 6.68. The van der Waals surface area contributed by atoms with Gasteiger partial charge in [0.05, 0.1) is 5.56 Å². The molecule has 2 fully saturated rings. The molecule has 0 N–H and O–H groups in total. The number of piperidine rings is 1. The summed E-state index contributed by atoms with van der Waals surface area (Å²) >= 11 is 2.23. The SMILES string of the molecule is CC1CCN(c2ccc(N3CCN(C(=O)c4ccccc4I)CC3)nn2)CC1. The number of hydrogen-bond acceptors (Lipinski definition) is 5. The molecule has 3 heterocycles. The highest BCUT2D eigenvalue weighted by Gasteiger charge is 2.24. The molecule has 0 atom stereocenters. The van der Waals surface area contributed by atoms with Crippen molar-refractivity contribution >= 4 is 40.1 Å². The standard InChI is InChI=1S/C21H26IN5O/c1-16-8-10-25(11-9-16)19-6-7-20(24-23-19)26-12-14-27(15-13-26)21(28)17-4-2-3-5-18(17)22/h2-7,16H,8-15H2,1H3. The molecule has 148 valence electrons. The molecule has 4 rings (SSSR count). The Morgan fingerprint density at radius 2 is 1.46 bits per heavy atom. The van der Waals surface area contributed by atoms with Crippen molar-refractivity contribution in [2.75, 3.05) is 49.1 Å². The second-order valence-electron chi connectivity index (χ2n) is 7.68. The quantitative estimate of drug-likeness (QED) is 0.618. The Labute approximate surface area is 180 Å². The highest BCUT2D eigenvalue weighted by Crippen LogP contribution is 2.23. The van der Waals surface area contributed by atoms with Crippen LogP contribution in [0.1, 0.15) is 30.1 Å². The third kappa shape index (κ3) is 4.24. The minimum atomic E-state index is 0.116. The Bertz CT molecular complexity index is 812. The first-order valence-corrected chi connectivity index (χ1v) is 11.1. The molecule has 0 unspecified atom stereocenters. The van der Waals surface area contributed by atoms with Crippen molar-refractivity contribution in [3.8, 4) is 0 Å². The van der Waals surface area contributed by atoms with E-state index in [2.05, 4.69) is 61.6 Å². The van der Waals surface area contributed by atoms with Gasteiger partial charge in [0.25, 0.3) is 5.91 Å². The summed E-state index contributed by atoms with van der Waals surface area (Å²) in [6.07, 6.45) is 2.44. The molecule has 28 heavy (non-hydrogen) atoms. The van der Waals surface area contributed by atoms with Crippen molar-refractivity contribution in [3.05, 3.63) is 45.5 Å². The number of amides is 1. The highest BCUT2D eigenvalue weighted by atomic mass is 127. The third-order valence-electron chi connectivity index (χ3n) is 5.74. The van der Waals surface area contributed by atoms with Gasteiger partial charge in [0.1, 0.15) is 0 Å². The maximum atomic E-state index is 12.8. The van der Waals surface area contributed by atoms with Crippen LogP contribution in [0, 0.1) is 9.49 Å². The van der Waals surface area contributed by atoms with Gasteiger partial charge >= 0.3 is 0 Å². The molecule has 2 aliphatic rings. The smallest absolute Gasteiger partial charge is 0.255 e. The van der Waals surface area contributed by atoms with E-state index in [1.54, 1.807) is 0 Å². The van der Waals surface area contributed by atoms with E-state index in [0.717, 1.165) is 52.9 Å². The van der Waals surface area contributed by atoms with Gasteiger partial charge in [-0.3, -0.25) is 4.79 Å². The Morgan fingerprint density at radius 1 is 0.893 bits per heavy atom. The number of carbonyl (C=O) groups excluding carboxylic acids is 1. The molecule has 0 aliphatic carbocycles. The van der Waals surface area contributed by atoms with Crippen LogP contribution < -0.4 is 9.80 Å². The highest BCUT2D eigenvalue weighted by molar-refractivity contribution is 14.1. The van der Waals surface area contributed by atoms with Gasteiger partial charge in [-0.2, -0.15) is 0 Å². The Balaban J connectivity index is 1.35. The number of benzene rings is 1. The number of anilines is 2. The first-order valence-electron chi connectivity index (χ1n) is 9.99. The number of rotatable bonds is 3. The summed E-state index contributed by atoms with van der Waals surface area (Å²) in [7, 11) is 0. The first-order chi connectivity index (χ1) is 13.6. The molecule has 0 bridgehead atoms. The number of carbonyl (C=O) groups is 1. The average molecular weight is 491 g/mol. The van der Waals surface area contributed by atoms with E-state index in [1.165, 1.54) is 12.8 Å². The molecule has 6 nitrogen and oxygen atoms in total. The summed E-state index contributed by atoms with van der Waals surface area (Å²) < 4.78 is 1.00. The number of piperazine rings is 1. The van der Waals surface area contributed by atoms with E-state index >= 15 is 0 Å². The van der Waals surface area contributed by atoms with Gasteiger partial charge in [-0.15, -0.1) is 10.2 Å². The van der Waals surface area contributed by atoms with E-state index in [0.29, 0.717) is 13.1 Å². The van der Waals surface area contributed by atoms with Crippen LogP contribution in [0.15, 0.2) is 36.4 Å². The van der Waals surface area contributed by atoms with Crippen LogP contribution in [0.4, 0.5) is 11.6 Å². The normalized spacial score (nSPS) is 18.4. The second kappa shape index (κ2) is 8.63. The lowest BCUT2D eigenvalue weighted by Crippen LogP contribution is -2.49. The molecular formula is C21H26IN5O. The van der Waals surface area contributed by atoms with E-state index in [1.807, 2.05) is 29.2 Å². The fraction of sp³-hybridized carbons (Fsp3) is 0.476. The number of aromatic nitrogens is 2. The lowest BCUT2D eigenvalue weighted by Gasteiger charge is -2.35. The van der Waals surface area contributed by atoms with E-state index < -0.39 is 0 Å². The zero-order valence-corrected chi connectivity index (χ0v) is 18.4. The van der Waals surface area contributed by atoms with Crippen LogP contribution >= 0.6 is 22.6 Å². The summed E-state index contributed by atoms with van der Waals surface area (Å²) in [6.45, 7) is 7.42. The van der Waals surface area contributed by atoms with Crippen LogP contribution in [0.2, 0.25) is 0 Å². The average Bonchev–Trinajstić information content (AvgIpc) is 2.74. The molecule has 0 radical (unpaired) electrons. The predicted molar refractivity (Wildman–Crippen MR) is 120 cm³/mol. The summed E-state index contributed by atoms with van der Waals surface area (Å²) in [5.74, 6) is 2.80. The lowest BCUT2D eigenvalue weighted by atomic mass is 9.99. The number of hydrogen-bond donors (Lipinski definition) is 0. The largest absolute Gasteiger partial charge is 0.355 e. The molecule has 1 amide bonds. The Hall–Kier alpha value is -1.90. The van der Waals surface area contributed by atoms with Gasteiger partial charge in [-0.05, 0) is 65.6 Å². The van der Waals surface area contributed by atoms with Gasteiger partial charge in [0.2, 0.25) is 0 Å². The van der Waals surface area contributed by atoms with Crippen LogP contribution in [0.5, 0.6) is 0 Å². The maximum absolute atomic E-state index is 12.8. The van der Waals surface area contributed by atoms with Crippen molar-refractivity contribution in [2.24, 2.45) is 5.92 Å². The summed E-state index contributed by atoms with van der Waals surface area (Å²) in [4.78, 5) is 19.3. The zero-order valence-electron chi connectivity index (χ0n) is 16.2. The predicted octanol–water partition coefficient (Wildman–Crippen LogP) is 3.28. The molecular weight excluding hydrogens is 465 g/mol. The molecule has 2 saturated heterocycles. The molecule has 2 aromatic rings. The fourth-order valence-electron chi connectivity index (χ4n) is 3.84. The summed E-state index contributed by atoms with van der Waals surface area (Å²) in [6, 6.07) is 11.9. The lowest BCUT2D eigenvalue weighted by molar-refractivity contribution is 0.0745. The minimum absolute atomic E-state index is 0.116. The first kappa shape index (κ1) is 19.4. The van der Waals surface area contributed by atoms with Crippen molar-refractivity contribution < 1.29 is 4.79 Å². The topological polar surface area (TPSA) is 52.6 Å². The van der Waals surface area contributed by atoms with Crippen molar-refractivity contribution in [2.45, 2.75) is 19.8 Å². The van der Waals surface area contributed by atoms with Gasteiger partial charge in [0.15, 0.2) is 11.6 Å². The van der Waals surface area contributed by atoms with E-state index in [9.17, 15) is 4.79 Å². The van der Waals surface area contributed by atoms with E-state index in [-0.39, 0.29) is 5.91 Å². The van der Waals surface area contributed by atoms with Gasteiger partial charge < -0.3 is 14.7 Å². The van der Waals surface area contributed by atoms with Crippen LogP contribution in [0.3, 0.4) is 0 Å². The van der Waals surface area contributed by atoms with Crippen LogP contribution in [-0.2, 0) is 0 Å². The number of halogens is 1. The van der Waals surface area contributed by atoms with Gasteiger partial charge in [-0.25, -0.2) is 0 Å². The molecule has 0 saturated carbocycles. The van der Waals surface area contributed by atoms with Crippen molar-refractivity contribution in [3.63, 3.8) is 0 Å². The van der Waals surface area contributed by atoms with Gasteiger partial charge in [0, 0.05) is 42.8 Å². The van der Waals surface area contributed by atoms with Crippen LogP contribution in [0.25, 0.3) is 0 Å². The van der Waals surface area contributed by atoms with E-state index in [4.69, 9.17) is 0 Å². The Kier molecular flexibility index (Phi) is 5.99. The minimum Gasteiger partial charge on any atom is -0.355 e. The second-order valence-corrected chi connectivity index (χ2v) is 8.84. The maximum Gasteiger partial charge on any atom is 0.255 e. The van der Waals surface area contributed by atoms with Crippen molar-refractivity contribution in [1.82, 2.24) is 15.1 Å². The monoisotopic (exact) mass is 491 g/mol. The summed E-state index contributed by atoms with van der Waals surface area (Å²) in [5.41, 5.74) is 0.788. The zero-order chi connectivity index (χ0) is 19.5. The molecule has 1 aromatic heterocycles. The summed E-state index contributed by atoms with van der Waals surface area (Å²) in [5, 5.41) is 8.94. The molecule has 0 spiro atoms. The van der Waals surface area contributed by atoms with Crippen LogP contribution in [-0.4, -0.2) is 60.3 Å². The fourth-order valence-corrected chi connectivity index (χ4v) is 4.45. The Morgan fingerprint density at radius 3 is 2.04 bits per heavy atom. The number of nitrogens with zero attached hydrogens (tertiary/aromatic N) is 5. The molecule has 2 aliphatic heterocycles. The molecule has 7 heteroatoms. The van der Waals surface area contributed by atoms with Gasteiger partial charge in [-0.1, -0.05) is 19.1 Å². The molecule has 1 aromatic carbocycles. The van der Waals surface area contributed by atoms with Crippen molar-refractivity contribution in [1.29, 1.82) is 0 Å².